The number of piperidine rings is 3. The zero-order valence-corrected chi connectivity index (χ0v) is 19.4. The van der Waals surface area contributed by atoms with E-state index in [0.717, 1.165) is 65.2 Å². The largest absolute Gasteiger partial charge is 0.379 e. The van der Waals surface area contributed by atoms with E-state index in [-0.39, 0.29) is 11.8 Å². The van der Waals surface area contributed by atoms with Crippen molar-refractivity contribution in [1.82, 2.24) is 20.0 Å². The maximum atomic E-state index is 12.5. The second kappa shape index (κ2) is 11.1. The van der Waals surface area contributed by atoms with Crippen molar-refractivity contribution in [2.24, 2.45) is 11.8 Å². The summed E-state index contributed by atoms with van der Waals surface area (Å²) in [6, 6.07) is 0.978. The first-order valence-corrected chi connectivity index (χ1v) is 12.7. The first-order chi connectivity index (χ1) is 15.1. The highest BCUT2D eigenvalue weighted by molar-refractivity contribution is 5.76. The molecule has 0 aromatic carbocycles. The third-order valence-corrected chi connectivity index (χ3v) is 8.06. The maximum absolute atomic E-state index is 12.5. The highest BCUT2D eigenvalue weighted by atomic mass is 16.5. The summed E-state index contributed by atoms with van der Waals surface area (Å²) in [5, 5.41) is 3.10. The number of nitrogens with zero attached hydrogens (tertiary/aromatic N) is 3. The van der Waals surface area contributed by atoms with Crippen molar-refractivity contribution in [3.05, 3.63) is 0 Å². The third kappa shape index (κ3) is 5.79. The molecule has 0 aliphatic carbocycles. The van der Waals surface area contributed by atoms with Gasteiger partial charge in [-0.3, -0.25) is 19.4 Å². The maximum Gasteiger partial charge on any atom is 0.219 e. The first-order valence-electron chi connectivity index (χ1n) is 12.7. The molecule has 0 radical (unpaired) electrons. The van der Waals surface area contributed by atoms with Gasteiger partial charge in [0.15, 0.2) is 0 Å². The number of rotatable bonds is 8. The minimum atomic E-state index is 0.160. The molecule has 0 spiro atoms. The standard InChI is InChI=1S/C24H42N4O3/c1-19(29)28-18-20-6-3-12-27-13-4-7-21(24(20)27)22(28)8-2-9-23(30)25-10-5-11-26-14-16-31-17-15-26/h20-22,24H,2-18H2,1H3,(H,25,30)/t20-,21+,22+,24-/m0/s1. The molecule has 0 aromatic heterocycles. The Morgan fingerprint density at radius 2 is 1.81 bits per heavy atom. The van der Waals surface area contributed by atoms with Gasteiger partial charge in [0.2, 0.25) is 11.8 Å². The van der Waals surface area contributed by atoms with Gasteiger partial charge in [-0.1, -0.05) is 0 Å². The number of morpholine rings is 1. The molecule has 0 aromatic rings. The Labute approximate surface area is 187 Å². The summed E-state index contributed by atoms with van der Waals surface area (Å²) >= 11 is 0. The fourth-order valence-electron chi connectivity index (χ4n) is 6.64. The lowest BCUT2D eigenvalue weighted by atomic mass is 9.69. The summed E-state index contributed by atoms with van der Waals surface area (Å²) in [6.45, 7) is 10.6. The number of hydrogen-bond donors (Lipinski definition) is 1. The minimum Gasteiger partial charge on any atom is -0.379 e. The van der Waals surface area contributed by atoms with Crippen LogP contribution in [0.2, 0.25) is 0 Å². The summed E-state index contributed by atoms with van der Waals surface area (Å²) in [6.07, 6.45) is 8.43. The van der Waals surface area contributed by atoms with E-state index in [1.54, 1.807) is 6.92 Å². The van der Waals surface area contributed by atoms with Gasteiger partial charge in [0.25, 0.3) is 0 Å². The fourth-order valence-corrected chi connectivity index (χ4v) is 6.64. The van der Waals surface area contributed by atoms with Crippen molar-refractivity contribution < 1.29 is 14.3 Å². The topological polar surface area (TPSA) is 65.1 Å². The molecule has 176 valence electrons. The smallest absolute Gasteiger partial charge is 0.219 e. The second-order valence-electron chi connectivity index (χ2n) is 10.0. The first kappa shape index (κ1) is 23.0. The summed E-state index contributed by atoms with van der Waals surface area (Å²) in [5.74, 6) is 1.62. The van der Waals surface area contributed by atoms with Gasteiger partial charge in [0.1, 0.15) is 0 Å². The molecule has 4 aliphatic heterocycles. The molecule has 0 unspecified atom stereocenters. The predicted molar refractivity (Wildman–Crippen MR) is 121 cm³/mol. The lowest BCUT2D eigenvalue weighted by molar-refractivity contribution is -0.144. The lowest BCUT2D eigenvalue weighted by Gasteiger charge is -2.57. The number of ether oxygens (including phenoxy) is 1. The minimum absolute atomic E-state index is 0.160. The number of carbonyl (C=O) groups excluding carboxylic acids is 2. The zero-order valence-electron chi connectivity index (χ0n) is 19.4. The number of amides is 2. The van der Waals surface area contributed by atoms with E-state index in [4.69, 9.17) is 4.74 Å². The lowest BCUT2D eigenvalue weighted by Crippen LogP contribution is -2.65. The fraction of sp³-hybridized carbons (Fsp3) is 0.917. The van der Waals surface area contributed by atoms with Crippen LogP contribution < -0.4 is 5.32 Å². The predicted octanol–water partition coefficient (Wildman–Crippen LogP) is 1.72. The van der Waals surface area contributed by atoms with E-state index in [1.165, 1.54) is 38.8 Å². The van der Waals surface area contributed by atoms with E-state index in [2.05, 4.69) is 20.0 Å². The molecule has 4 saturated heterocycles. The van der Waals surface area contributed by atoms with Gasteiger partial charge in [0.05, 0.1) is 13.2 Å². The highest BCUT2D eigenvalue weighted by Gasteiger charge is 2.48. The van der Waals surface area contributed by atoms with E-state index >= 15 is 0 Å². The van der Waals surface area contributed by atoms with Gasteiger partial charge in [-0.05, 0) is 76.4 Å². The van der Waals surface area contributed by atoms with E-state index in [1.807, 2.05) is 0 Å². The van der Waals surface area contributed by atoms with Gasteiger partial charge in [0, 0.05) is 51.6 Å². The van der Waals surface area contributed by atoms with Crippen molar-refractivity contribution >= 4 is 11.8 Å². The number of likely N-dealkylation sites (tertiary alicyclic amines) is 1. The Morgan fingerprint density at radius 1 is 1.03 bits per heavy atom. The van der Waals surface area contributed by atoms with Crippen LogP contribution in [-0.4, -0.2) is 97.6 Å². The van der Waals surface area contributed by atoms with Gasteiger partial charge < -0.3 is 15.0 Å². The monoisotopic (exact) mass is 434 g/mol. The molecule has 0 bridgehead atoms. The van der Waals surface area contributed by atoms with Crippen LogP contribution in [0, 0.1) is 11.8 Å². The van der Waals surface area contributed by atoms with Crippen molar-refractivity contribution in [3.63, 3.8) is 0 Å². The molecular formula is C24H42N4O3. The SMILES string of the molecule is CC(=O)N1C[C@@H]2CCCN3CCC[C@@H]([C@H]23)[C@H]1CCCC(=O)NCCCN1CCOCC1. The van der Waals surface area contributed by atoms with Crippen LogP contribution in [0.3, 0.4) is 0 Å². The quantitative estimate of drug-likeness (QED) is 0.590. The molecule has 4 heterocycles. The van der Waals surface area contributed by atoms with Crippen LogP contribution in [0.5, 0.6) is 0 Å². The van der Waals surface area contributed by atoms with Gasteiger partial charge in [-0.2, -0.15) is 0 Å². The molecule has 4 fully saturated rings. The second-order valence-corrected chi connectivity index (χ2v) is 10.0. The average Bonchev–Trinajstić information content (AvgIpc) is 2.79. The molecule has 0 saturated carbocycles. The summed E-state index contributed by atoms with van der Waals surface area (Å²) in [4.78, 5) is 32.1. The van der Waals surface area contributed by atoms with Crippen molar-refractivity contribution in [1.29, 1.82) is 0 Å². The number of hydrogen-bond acceptors (Lipinski definition) is 5. The zero-order chi connectivity index (χ0) is 21.6. The van der Waals surface area contributed by atoms with E-state index < -0.39 is 0 Å². The summed E-state index contributed by atoms with van der Waals surface area (Å²) < 4.78 is 5.38. The Bertz CT molecular complexity index is 608. The van der Waals surface area contributed by atoms with Crippen molar-refractivity contribution in [2.75, 3.05) is 59.0 Å². The highest BCUT2D eigenvalue weighted by Crippen LogP contribution is 2.43. The molecule has 31 heavy (non-hydrogen) atoms. The average molecular weight is 435 g/mol. The van der Waals surface area contributed by atoms with E-state index in [0.29, 0.717) is 30.3 Å². The molecule has 7 nitrogen and oxygen atoms in total. The van der Waals surface area contributed by atoms with Crippen LogP contribution in [0.4, 0.5) is 0 Å². The molecule has 1 N–H and O–H groups in total. The van der Waals surface area contributed by atoms with Crippen LogP contribution in [-0.2, 0) is 14.3 Å². The Kier molecular flexibility index (Phi) is 8.24. The van der Waals surface area contributed by atoms with Crippen LogP contribution in [0.1, 0.15) is 58.3 Å². The third-order valence-electron chi connectivity index (χ3n) is 8.06. The molecule has 4 atom stereocenters. The van der Waals surface area contributed by atoms with Crippen LogP contribution in [0.15, 0.2) is 0 Å². The summed E-state index contributed by atoms with van der Waals surface area (Å²) in [7, 11) is 0. The summed E-state index contributed by atoms with van der Waals surface area (Å²) in [5.41, 5.74) is 0. The molecular weight excluding hydrogens is 392 g/mol. The molecule has 7 heteroatoms. The van der Waals surface area contributed by atoms with Crippen molar-refractivity contribution in [3.8, 4) is 0 Å². The molecule has 4 aliphatic rings. The van der Waals surface area contributed by atoms with Gasteiger partial charge in [-0.15, -0.1) is 0 Å². The Hall–Kier alpha value is -1.18. The molecule has 4 rings (SSSR count). The van der Waals surface area contributed by atoms with E-state index in [9.17, 15) is 9.59 Å². The van der Waals surface area contributed by atoms with Gasteiger partial charge in [-0.25, -0.2) is 0 Å². The van der Waals surface area contributed by atoms with Crippen LogP contribution >= 0.6 is 0 Å². The molecule has 2 amide bonds. The Morgan fingerprint density at radius 3 is 2.58 bits per heavy atom. The normalized spacial score (nSPS) is 31.8. The Balaban J connectivity index is 1.21. The van der Waals surface area contributed by atoms with Gasteiger partial charge >= 0.3 is 0 Å². The van der Waals surface area contributed by atoms with Crippen molar-refractivity contribution in [2.45, 2.75) is 70.4 Å². The number of carbonyl (C=O) groups is 2. The van der Waals surface area contributed by atoms with Crippen LogP contribution in [0.25, 0.3) is 0 Å². The number of nitrogens with one attached hydrogen (secondary N) is 1.